The first-order chi connectivity index (χ1) is 9.20. The van der Waals surface area contributed by atoms with E-state index in [1.807, 2.05) is 0 Å². The van der Waals surface area contributed by atoms with Crippen molar-refractivity contribution in [3.63, 3.8) is 0 Å². The maximum Gasteiger partial charge on any atom is 0.293 e. The SMILES string of the molecule is NCCN1C(=O)SC(=Cc2cncn2C2CC2)C1=O. The second-order valence-electron chi connectivity index (χ2n) is 4.58. The van der Waals surface area contributed by atoms with Gasteiger partial charge in [0.25, 0.3) is 11.1 Å². The zero-order chi connectivity index (χ0) is 13.4. The minimum atomic E-state index is -0.260. The summed E-state index contributed by atoms with van der Waals surface area (Å²) < 4.78 is 2.05. The van der Waals surface area contributed by atoms with Crippen molar-refractivity contribution in [3.8, 4) is 0 Å². The number of amides is 2. The highest BCUT2D eigenvalue weighted by Crippen LogP contribution is 2.37. The van der Waals surface area contributed by atoms with Gasteiger partial charge in [-0.15, -0.1) is 0 Å². The third-order valence-electron chi connectivity index (χ3n) is 3.14. The fourth-order valence-corrected chi connectivity index (χ4v) is 2.89. The van der Waals surface area contributed by atoms with Gasteiger partial charge in [-0.25, -0.2) is 4.98 Å². The van der Waals surface area contributed by atoms with Gasteiger partial charge < -0.3 is 10.3 Å². The molecular formula is C12H14N4O2S. The molecule has 100 valence electrons. The zero-order valence-corrected chi connectivity index (χ0v) is 11.1. The van der Waals surface area contributed by atoms with Crippen LogP contribution in [0.5, 0.6) is 0 Å². The molecule has 7 heteroatoms. The molecule has 6 nitrogen and oxygen atoms in total. The average molecular weight is 278 g/mol. The molecule has 1 aliphatic heterocycles. The molecule has 3 rings (SSSR count). The van der Waals surface area contributed by atoms with Crippen molar-refractivity contribution in [1.82, 2.24) is 14.5 Å². The molecule has 1 aromatic heterocycles. The van der Waals surface area contributed by atoms with Crippen LogP contribution >= 0.6 is 11.8 Å². The van der Waals surface area contributed by atoms with Gasteiger partial charge in [0, 0.05) is 19.1 Å². The van der Waals surface area contributed by atoms with Crippen LogP contribution in [-0.4, -0.2) is 38.7 Å². The largest absolute Gasteiger partial charge is 0.329 e. The average Bonchev–Trinajstić information content (AvgIpc) is 3.08. The van der Waals surface area contributed by atoms with Crippen molar-refractivity contribution in [2.24, 2.45) is 5.73 Å². The highest BCUT2D eigenvalue weighted by Gasteiger charge is 2.35. The van der Waals surface area contributed by atoms with Crippen molar-refractivity contribution in [1.29, 1.82) is 0 Å². The molecule has 0 aromatic carbocycles. The molecular weight excluding hydrogens is 264 g/mol. The first-order valence-corrected chi connectivity index (χ1v) is 6.99. The monoisotopic (exact) mass is 278 g/mol. The van der Waals surface area contributed by atoms with Crippen molar-refractivity contribution < 1.29 is 9.59 Å². The van der Waals surface area contributed by atoms with Crippen molar-refractivity contribution in [2.45, 2.75) is 18.9 Å². The van der Waals surface area contributed by atoms with Gasteiger partial charge in [-0.05, 0) is 30.7 Å². The van der Waals surface area contributed by atoms with Crippen LogP contribution in [0.3, 0.4) is 0 Å². The molecule has 19 heavy (non-hydrogen) atoms. The maximum atomic E-state index is 12.1. The van der Waals surface area contributed by atoms with Gasteiger partial charge >= 0.3 is 0 Å². The Morgan fingerprint density at radius 3 is 2.95 bits per heavy atom. The van der Waals surface area contributed by atoms with Gasteiger partial charge in [-0.1, -0.05) is 0 Å². The van der Waals surface area contributed by atoms with Crippen molar-refractivity contribution in [2.75, 3.05) is 13.1 Å². The number of nitrogens with zero attached hydrogens (tertiary/aromatic N) is 3. The number of imidazole rings is 1. The summed E-state index contributed by atoms with van der Waals surface area (Å²) in [4.78, 5) is 29.5. The lowest BCUT2D eigenvalue weighted by atomic mass is 10.3. The van der Waals surface area contributed by atoms with E-state index in [2.05, 4.69) is 9.55 Å². The molecule has 2 heterocycles. The Hall–Kier alpha value is -1.60. The van der Waals surface area contributed by atoms with Crippen LogP contribution in [0, 0.1) is 0 Å². The molecule has 1 aliphatic carbocycles. The summed E-state index contributed by atoms with van der Waals surface area (Å²) in [6.45, 7) is 0.551. The molecule has 0 bridgehead atoms. The lowest BCUT2D eigenvalue weighted by Gasteiger charge is -2.09. The molecule has 2 fully saturated rings. The smallest absolute Gasteiger partial charge is 0.293 e. The fraction of sp³-hybridized carbons (Fsp3) is 0.417. The second-order valence-corrected chi connectivity index (χ2v) is 5.57. The summed E-state index contributed by atoms with van der Waals surface area (Å²) in [7, 11) is 0. The lowest BCUT2D eigenvalue weighted by Crippen LogP contribution is -2.33. The number of hydrogen-bond donors (Lipinski definition) is 1. The molecule has 2 amide bonds. The maximum absolute atomic E-state index is 12.1. The molecule has 0 radical (unpaired) electrons. The van der Waals surface area contributed by atoms with E-state index in [0.29, 0.717) is 10.9 Å². The first kappa shape index (κ1) is 12.4. The van der Waals surface area contributed by atoms with Crippen LogP contribution in [0.1, 0.15) is 24.6 Å². The Bertz CT molecular complexity index is 562. The molecule has 1 saturated carbocycles. The van der Waals surface area contributed by atoms with E-state index in [4.69, 9.17) is 5.73 Å². The van der Waals surface area contributed by atoms with E-state index >= 15 is 0 Å². The summed E-state index contributed by atoms with van der Waals surface area (Å²) in [5.41, 5.74) is 6.27. The Morgan fingerprint density at radius 2 is 2.26 bits per heavy atom. The third kappa shape index (κ3) is 2.31. The topological polar surface area (TPSA) is 81.2 Å². The third-order valence-corrected chi connectivity index (χ3v) is 4.05. The van der Waals surface area contributed by atoms with E-state index < -0.39 is 0 Å². The highest BCUT2D eigenvalue weighted by molar-refractivity contribution is 8.18. The van der Waals surface area contributed by atoms with Gasteiger partial charge in [0.05, 0.1) is 23.1 Å². The summed E-state index contributed by atoms with van der Waals surface area (Å²) in [5, 5.41) is -0.251. The van der Waals surface area contributed by atoms with Gasteiger partial charge in [0.1, 0.15) is 0 Å². The van der Waals surface area contributed by atoms with E-state index in [1.165, 1.54) is 4.90 Å². The molecule has 0 unspecified atom stereocenters. The number of aromatic nitrogens is 2. The molecule has 1 aromatic rings. The van der Waals surface area contributed by atoms with Crippen LogP contribution < -0.4 is 5.73 Å². The minimum Gasteiger partial charge on any atom is -0.329 e. The summed E-state index contributed by atoms with van der Waals surface area (Å²) in [6, 6.07) is 0.492. The Kier molecular flexibility index (Phi) is 3.16. The Balaban J connectivity index is 1.85. The van der Waals surface area contributed by atoms with E-state index in [-0.39, 0.29) is 24.2 Å². The van der Waals surface area contributed by atoms with E-state index in [9.17, 15) is 9.59 Å². The number of rotatable bonds is 4. The number of thioether (sulfide) groups is 1. The zero-order valence-electron chi connectivity index (χ0n) is 10.3. The van der Waals surface area contributed by atoms with Crippen LogP contribution in [0.15, 0.2) is 17.4 Å². The molecule has 0 atom stereocenters. The minimum absolute atomic E-state index is 0.251. The predicted molar refractivity (Wildman–Crippen MR) is 72.2 cm³/mol. The lowest BCUT2D eigenvalue weighted by molar-refractivity contribution is -0.122. The number of carbonyl (C=O) groups excluding carboxylic acids is 2. The fourth-order valence-electron chi connectivity index (χ4n) is 2.04. The van der Waals surface area contributed by atoms with Gasteiger partial charge in [-0.2, -0.15) is 0 Å². The van der Waals surface area contributed by atoms with Crippen molar-refractivity contribution in [3.05, 3.63) is 23.1 Å². The number of hydrogen-bond acceptors (Lipinski definition) is 5. The second kappa shape index (κ2) is 4.82. The molecule has 2 aliphatic rings. The first-order valence-electron chi connectivity index (χ1n) is 6.18. The van der Waals surface area contributed by atoms with E-state index in [1.54, 1.807) is 18.6 Å². The van der Waals surface area contributed by atoms with Crippen molar-refractivity contribution >= 4 is 29.0 Å². The summed E-state index contributed by atoms with van der Waals surface area (Å²) >= 11 is 0.963. The summed E-state index contributed by atoms with van der Waals surface area (Å²) in [6.07, 6.45) is 7.52. The summed E-state index contributed by atoms with van der Waals surface area (Å²) in [5.74, 6) is -0.260. The van der Waals surface area contributed by atoms with Gasteiger partial charge in [0.2, 0.25) is 0 Å². The highest BCUT2D eigenvalue weighted by atomic mass is 32.2. The molecule has 0 spiro atoms. The quantitative estimate of drug-likeness (QED) is 0.837. The van der Waals surface area contributed by atoms with Gasteiger partial charge in [0.15, 0.2) is 0 Å². The number of nitrogens with two attached hydrogens (primary N) is 1. The van der Waals surface area contributed by atoms with E-state index in [0.717, 1.165) is 30.3 Å². The Morgan fingerprint density at radius 1 is 1.47 bits per heavy atom. The van der Waals surface area contributed by atoms with Crippen LogP contribution in [-0.2, 0) is 4.79 Å². The van der Waals surface area contributed by atoms with Crippen LogP contribution in [0.2, 0.25) is 0 Å². The molecule has 2 N–H and O–H groups in total. The number of imide groups is 1. The normalized spacial score (nSPS) is 21.7. The van der Waals surface area contributed by atoms with Gasteiger partial charge in [-0.3, -0.25) is 14.5 Å². The van der Waals surface area contributed by atoms with Crippen LogP contribution in [0.4, 0.5) is 4.79 Å². The standard InChI is InChI=1S/C12H14N4O2S/c13-3-4-15-11(17)10(19-12(15)18)5-9-6-14-7-16(9)8-1-2-8/h5-8H,1-4,13H2. The predicted octanol–water partition coefficient (Wildman–Crippen LogP) is 1.21. The molecule has 1 saturated heterocycles. The van der Waals surface area contributed by atoms with Crippen LogP contribution in [0.25, 0.3) is 6.08 Å². The Labute approximate surface area is 114 Å². The number of carbonyl (C=O) groups is 2.